The Balaban J connectivity index is 1.57. The predicted molar refractivity (Wildman–Crippen MR) is 101 cm³/mol. The van der Waals surface area contributed by atoms with Gasteiger partial charge < -0.3 is 15.4 Å². The van der Waals surface area contributed by atoms with Crippen LogP contribution in [0.1, 0.15) is 5.56 Å². The van der Waals surface area contributed by atoms with Gasteiger partial charge in [0.1, 0.15) is 0 Å². The highest BCUT2D eigenvalue weighted by atomic mass is 35.5. The summed E-state index contributed by atoms with van der Waals surface area (Å²) >= 11 is 6.01. The van der Waals surface area contributed by atoms with Crippen LogP contribution in [0, 0.1) is 11.6 Å². The summed E-state index contributed by atoms with van der Waals surface area (Å²) in [7, 11) is 0. The molecule has 0 aliphatic rings. The van der Waals surface area contributed by atoms with E-state index in [2.05, 4.69) is 10.3 Å². The molecule has 136 valence electrons. The summed E-state index contributed by atoms with van der Waals surface area (Å²) in [4.78, 5) is 15.5. The van der Waals surface area contributed by atoms with Crippen molar-refractivity contribution in [3.63, 3.8) is 0 Å². The summed E-state index contributed by atoms with van der Waals surface area (Å²) in [6, 6.07) is 12.9. The molecular weight excluding hydrogens is 374 g/mol. The molecule has 4 nitrogen and oxygen atoms in total. The summed E-state index contributed by atoms with van der Waals surface area (Å²) in [5.74, 6) is -3.78. The van der Waals surface area contributed by atoms with Crippen molar-refractivity contribution in [2.24, 2.45) is 0 Å². The van der Waals surface area contributed by atoms with Gasteiger partial charge in [0.05, 0.1) is 6.42 Å². The molecule has 7 heteroatoms. The van der Waals surface area contributed by atoms with E-state index in [-0.39, 0.29) is 12.1 Å². The van der Waals surface area contributed by atoms with Crippen LogP contribution >= 0.6 is 11.6 Å². The molecule has 0 fully saturated rings. The third kappa shape index (κ3) is 3.31. The van der Waals surface area contributed by atoms with Crippen molar-refractivity contribution in [2.75, 3.05) is 5.32 Å². The van der Waals surface area contributed by atoms with E-state index in [1.807, 2.05) is 36.4 Å². The second kappa shape index (κ2) is 6.55. The van der Waals surface area contributed by atoms with Gasteiger partial charge in [0.15, 0.2) is 17.4 Å². The number of nitrogens with one attached hydrogen (secondary N) is 2. The lowest BCUT2D eigenvalue weighted by Gasteiger charge is -2.07. The molecule has 0 saturated heterocycles. The standard InChI is InChI=1S/C20H13ClF2N2O2/c21-11-2-4-14-13-3-1-10(5-17(13)25-18(14)7-11)6-19(26)24-12-8-15(22)20(27)16(23)9-12/h1-5,7-9,25,27H,6H2,(H,24,26). The summed E-state index contributed by atoms with van der Waals surface area (Å²) < 4.78 is 26.7. The van der Waals surface area contributed by atoms with Crippen molar-refractivity contribution in [2.45, 2.75) is 6.42 Å². The molecular formula is C20H13ClF2N2O2. The maximum atomic E-state index is 13.4. The van der Waals surface area contributed by atoms with E-state index in [0.29, 0.717) is 5.02 Å². The Morgan fingerprint density at radius 3 is 2.33 bits per heavy atom. The highest BCUT2D eigenvalue weighted by Gasteiger charge is 2.12. The quantitative estimate of drug-likeness (QED) is 0.427. The Labute approximate surface area is 157 Å². The van der Waals surface area contributed by atoms with Gasteiger partial charge in [0, 0.05) is 44.6 Å². The first kappa shape index (κ1) is 17.3. The van der Waals surface area contributed by atoms with Crippen LogP contribution in [-0.4, -0.2) is 16.0 Å². The van der Waals surface area contributed by atoms with Crippen LogP contribution < -0.4 is 5.32 Å². The average Bonchev–Trinajstić information content (AvgIpc) is 2.95. The zero-order valence-corrected chi connectivity index (χ0v) is 14.6. The minimum atomic E-state index is -1.14. The number of halogens is 3. The molecule has 4 aromatic rings. The van der Waals surface area contributed by atoms with Crippen LogP contribution in [0.3, 0.4) is 0 Å². The third-order valence-corrected chi connectivity index (χ3v) is 4.53. The molecule has 0 unspecified atom stereocenters. The van der Waals surface area contributed by atoms with Crippen LogP contribution in [0.2, 0.25) is 5.02 Å². The van der Waals surface area contributed by atoms with Crippen LogP contribution in [0.15, 0.2) is 48.5 Å². The fourth-order valence-corrected chi connectivity index (χ4v) is 3.24. The smallest absolute Gasteiger partial charge is 0.228 e. The molecule has 3 N–H and O–H groups in total. The molecule has 27 heavy (non-hydrogen) atoms. The molecule has 0 saturated carbocycles. The Morgan fingerprint density at radius 1 is 1.00 bits per heavy atom. The summed E-state index contributed by atoms with van der Waals surface area (Å²) in [6.45, 7) is 0. The number of rotatable bonds is 3. The first-order chi connectivity index (χ1) is 12.9. The van der Waals surface area contributed by atoms with Crippen LogP contribution in [0.5, 0.6) is 5.75 Å². The molecule has 4 rings (SSSR count). The predicted octanol–water partition coefficient (Wildman–Crippen LogP) is 5.14. The first-order valence-corrected chi connectivity index (χ1v) is 8.46. The highest BCUT2D eigenvalue weighted by molar-refractivity contribution is 6.31. The zero-order valence-electron chi connectivity index (χ0n) is 13.8. The van der Waals surface area contributed by atoms with Gasteiger partial charge in [0.2, 0.25) is 5.91 Å². The molecule has 1 aromatic heterocycles. The second-order valence-electron chi connectivity index (χ2n) is 6.21. The molecule has 0 atom stereocenters. The summed E-state index contributed by atoms with van der Waals surface area (Å²) in [6.07, 6.45) is 0.0240. The van der Waals surface area contributed by atoms with Gasteiger partial charge in [-0.2, -0.15) is 0 Å². The topological polar surface area (TPSA) is 65.1 Å². The molecule has 0 spiro atoms. The maximum absolute atomic E-state index is 13.4. The van der Waals surface area contributed by atoms with Gasteiger partial charge in [-0.05, 0) is 23.8 Å². The Kier molecular flexibility index (Phi) is 4.20. The Bertz CT molecular complexity index is 1180. The highest BCUT2D eigenvalue weighted by Crippen LogP contribution is 2.28. The Morgan fingerprint density at radius 2 is 1.63 bits per heavy atom. The Hall–Kier alpha value is -3.12. The van der Waals surface area contributed by atoms with E-state index in [9.17, 15) is 13.6 Å². The summed E-state index contributed by atoms with van der Waals surface area (Å²) in [5.41, 5.74) is 2.43. The molecule has 0 aliphatic heterocycles. The van der Waals surface area contributed by atoms with Crippen molar-refractivity contribution in [3.05, 3.63) is 70.8 Å². The van der Waals surface area contributed by atoms with E-state index in [1.165, 1.54) is 0 Å². The number of anilines is 1. The largest absolute Gasteiger partial charge is 0.503 e. The van der Waals surface area contributed by atoms with Crippen molar-refractivity contribution in [1.82, 2.24) is 4.98 Å². The number of aromatic amines is 1. The lowest BCUT2D eigenvalue weighted by Crippen LogP contribution is -2.14. The number of benzene rings is 3. The fourth-order valence-electron chi connectivity index (χ4n) is 3.07. The minimum absolute atomic E-state index is 0.0240. The van der Waals surface area contributed by atoms with Gasteiger partial charge in [0.25, 0.3) is 0 Å². The van der Waals surface area contributed by atoms with Gasteiger partial charge >= 0.3 is 0 Å². The number of hydrogen-bond acceptors (Lipinski definition) is 2. The first-order valence-electron chi connectivity index (χ1n) is 8.08. The lowest BCUT2D eigenvalue weighted by atomic mass is 10.1. The summed E-state index contributed by atoms with van der Waals surface area (Å²) in [5, 5.41) is 14.2. The fraction of sp³-hybridized carbons (Fsp3) is 0.0500. The van der Waals surface area contributed by atoms with E-state index >= 15 is 0 Å². The van der Waals surface area contributed by atoms with E-state index in [4.69, 9.17) is 16.7 Å². The van der Waals surface area contributed by atoms with Crippen molar-refractivity contribution < 1.29 is 18.7 Å². The molecule has 0 bridgehead atoms. The normalized spacial score (nSPS) is 11.2. The van der Waals surface area contributed by atoms with E-state index in [1.54, 1.807) is 0 Å². The number of aromatic nitrogens is 1. The van der Waals surface area contributed by atoms with Crippen molar-refractivity contribution in [1.29, 1.82) is 0 Å². The third-order valence-electron chi connectivity index (χ3n) is 4.29. The second-order valence-corrected chi connectivity index (χ2v) is 6.64. The van der Waals surface area contributed by atoms with Crippen LogP contribution in [-0.2, 0) is 11.2 Å². The number of phenolic OH excluding ortho intramolecular Hbond substituents is 1. The van der Waals surface area contributed by atoms with Gasteiger partial charge in [-0.25, -0.2) is 8.78 Å². The van der Waals surface area contributed by atoms with Gasteiger partial charge in [-0.3, -0.25) is 4.79 Å². The number of fused-ring (bicyclic) bond motifs is 3. The lowest BCUT2D eigenvalue weighted by molar-refractivity contribution is -0.115. The van der Waals surface area contributed by atoms with Crippen LogP contribution in [0.4, 0.5) is 14.5 Å². The monoisotopic (exact) mass is 386 g/mol. The minimum Gasteiger partial charge on any atom is -0.503 e. The molecule has 0 radical (unpaired) electrons. The number of carbonyl (C=O) groups is 1. The number of H-pyrrole nitrogens is 1. The van der Waals surface area contributed by atoms with E-state index in [0.717, 1.165) is 39.5 Å². The van der Waals surface area contributed by atoms with E-state index < -0.39 is 23.3 Å². The molecule has 1 amide bonds. The number of carbonyl (C=O) groups excluding carboxylic acids is 1. The van der Waals surface area contributed by atoms with Crippen LogP contribution in [0.25, 0.3) is 21.8 Å². The number of amides is 1. The molecule has 3 aromatic carbocycles. The SMILES string of the molecule is O=C(Cc1ccc2c(c1)[nH]c1cc(Cl)ccc12)Nc1cc(F)c(O)c(F)c1. The zero-order chi connectivity index (χ0) is 19.1. The van der Waals surface area contributed by atoms with Crippen molar-refractivity contribution in [3.8, 4) is 5.75 Å². The number of hydrogen-bond donors (Lipinski definition) is 3. The van der Waals surface area contributed by atoms with Crippen molar-refractivity contribution >= 4 is 45.0 Å². The molecule has 1 heterocycles. The number of aromatic hydroxyl groups is 1. The number of phenols is 1. The van der Waals surface area contributed by atoms with Gasteiger partial charge in [-0.15, -0.1) is 0 Å². The molecule has 0 aliphatic carbocycles. The average molecular weight is 387 g/mol. The maximum Gasteiger partial charge on any atom is 0.228 e. The van der Waals surface area contributed by atoms with Gasteiger partial charge in [-0.1, -0.05) is 29.8 Å².